The number of hydrogen-bond acceptors (Lipinski definition) is 4. The van der Waals surface area contributed by atoms with Gasteiger partial charge in [-0.15, -0.1) is 34.2 Å². The number of nitrogens with one attached hydrogen (secondary N) is 2. The zero-order valence-corrected chi connectivity index (χ0v) is 20.8. The molecule has 3 rings (SSSR count). The quantitative estimate of drug-likeness (QED) is 0.160. The van der Waals surface area contributed by atoms with E-state index in [1.807, 2.05) is 0 Å². The highest BCUT2D eigenvalue weighted by Gasteiger charge is 2.03. The van der Waals surface area contributed by atoms with Crippen LogP contribution in [0.3, 0.4) is 0 Å². The van der Waals surface area contributed by atoms with E-state index in [2.05, 4.69) is 73.4 Å². The molecule has 0 aliphatic carbocycles. The Hall–Kier alpha value is -2.14. The Kier molecular flexibility index (Phi) is 11.4. The normalized spacial score (nSPS) is 11.5. The van der Waals surface area contributed by atoms with Crippen LogP contribution in [0, 0.1) is 0 Å². The van der Waals surface area contributed by atoms with Gasteiger partial charge in [0.15, 0.2) is 5.96 Å². The van der Waals surface area contributed by atoms with Gasteiger partial charge >= 0.3 is 0 Å². The van der Waals surface area contributed by atoms with E-state index >= 15 is 0 Å². The van der Waals surface area contributed by atoms with Gasteiger partial charge in [0.05, 0.1) is 0 Å². The Balaban J connectivity index is 0.00000341. The molecule has 9 heteroatoms. The average molecular weight is 539 g/mol. The van der Waals surface area contributed by atoms with E-state index in [0.717, 1.165) is 70.4 Å². The molecule has 0 atom stereocenters. The second kappa shape index (κ2) is 14.0. The lowest BCUT2D eigenvalue weighted by atomic mass is 10.2. The molecule has 2 N–H and O–H groups in total. The molecule has 1 aromatic carbocycles. The van der Waals surface area contributed by atoms with E-state index in [1.54, 1.807) is 13.4 Å². The van der Waals surface area contributed by atoms with E-state index < -0.39 is 0 Å². The van der Waals surface area contributed by atoms with Crippen LogP contribution < -0.4 is 10.6 Å². The van der Waals surface area contributed by atoms with Crippen molar-refractivity contribution in [1.29, 1.82) is 0 Å². The van der Waals surface area contributed by atoms with Crippen molar-refractivity contribution >= 4 is 40.8 Å². The number of halogens is 1. The molecular formula is C22H34IN7O. The molecule has 0 saturated heterocycles. The van der Waals surface area contributed by atoms with Crippen LogP contribution in [0.15, 0.2) is 47.8 Å². The summed E-state index contributed by atoms with van der Waals surface area (Å²) in [6.45, 7) is 6.95. The zero-order chi connectivity index (χ0) is 21.0. The van der Waals surface area contributed by atoms with Gasteiger partial charge in [0.1, 0.15) is 12.2 Å². The molecule has 0 aliphatic heterocycles. The molecule has 3 aromatic rings. The van der Waals surface area contributed by atoms with E-state index in [-0.39, 0.29) is 24.0 Å². The maximum Gasteiger partial charge on any atom is 0.191 e. The molecule has 0 aliphatic rings. The second-order valence-corrected chi connectivity index (χ2v) is 7.15. The topological polar surface area (TPSA) is 81.3 Å². The number of benzene rings is 1. The molecule has 170 valence electrons. The highest BCUT2D eigenvalue weighted by Crippen LogP contribution is 2.15. The summed E-state index contributed by atoms with van der Waals surface area (Å²) < 4.78 is 9.50. The molecule has 0 amide bonds. The number of rotatable bonds is 12. The summed E-state index contributed by atoms with van der Waals surface area (Å²) in [5.74, 6) is 1.84. The third kappa shape index (κ3) is 7.80. The van der Waals surface area contributed by atoms with Crippen LogP contribution in [-0.4, -0.2) is 58.6 Å². The molecule has 2 aromatic heterocycles. The number of guanidine groups is 1. The molecule has 0 saturated carbocycles. The van der Waals surface area contributed by atoms with Crippen LogP contribution in [0.1, 0.15) is 25.6 Å². The van der Waals surface area contributed by atoms with E-state index in [4.69, 9.17) is 9.73 Å². The van der Waals surface area contributed by atoms with Gasteiger partial charge in [0.25, 0.3) is 0 Å². The third-order valence-corrected chi connectivity index (χ3v) is 4.98. The summed E-state index contributed by atoms with van der Waals surface area (Å²) in [5.41, 5.74) is 1.28. The van der Waals surface area contributed by atoms with Gasteiger partial charge < -0.3 is 24.5 Å². The van der Waals surface area contributed by atoms with Gasteiger partial charge in [0.2, 0.25) is 0 Å². The Bertz CT molecular complexity index is 921. The molecule has 0 bridgehead atoms. The first-order valence-electron chi connectivity index (χ1n) is 10.7. The smallest absolute Gasteiger partial charge is 0.191 e. The first-order valence-corrected chi connectivity index (χ1v) is 10.7. The van der Waals surface area contributed by atoms with Gasteiger partial charge in [-0.1, -0.05) is 25.1 Å². The van der Waals surface area contributed by atoms with Crippen LogP contribution in [0.25, 0.3) is 10.9 Å². The van der Waals surface area contributed by atoms with Crippen molar-refractivity contribution in [2.75, 3.05) is 33.4 Å². The molecule has 2 heterocycles. The van der Waals surface area contributed by atoms with Crippen molar-refractivity contribution in [1.82, 2.24) is 30.0 Å². The number of fused-ring (bicyclic) bond motifs is 1. The number of methoxy groups -OCH3 is 1. The Labute approximate surface area is 201 Å². The minimum absolute atomic E-state index is 0. The summed E-state index contributed by atoms with van der Waals surface area (Å²) in [4.78, 5) is 4.76. The molecule has 0 spiro atoms. The minimum atomic E-state index is 0. The van der Waals surface area contributed by atoms with Crippen LogP contribution in [-0.2, 0) is 24.2 Å². The second-order valence-electron chi connectivity index (χ2n) is 7.15. The van der Waals surface area contributed by atoms with E-state index in [9.17, 15) is 0 Å². The van der Waals surface area contributed by atoms with Crippen LogP contribution in [0.5, 0.6) is 0 Å². The van der Waals surface area contributed by atoms with Gasteiger partial charge in [-0.05, 0) is 30.4 Å². The van der Waals surface area contributed by atoms with E-state index in [1.165, 1.54) is 10.9 Å². The van der Waals surface area contributed by atoms with Crippen molar-refractivity contribution < 1.29 is 4.74 Å². The maximum absolute atomic E-state index is 5.13. The van der Waals surface area contributed by atoms with Crippen molar-refractivity contribution in [2.45, 2.75) is 39.3 Å². The summed E-state index contributed by atoms with van der Waals surface area (Å²) in [6.07, 6.45) is 6.74. The largest absolute Gasteiger partial charge is 0.385 e. The Morgan fingerprint density at radius 2 is 1.90 bits per heavy atom. The SMILES string of the molecule is CCc1nncn1CCNC(=NCCCn1ccc2ccccc21)NCCCOC.I. The van der Waals surface area contributed by atoms with Gasteiger partial charge in [0, 0.05) is 64.6 Å². The fourth-order valence-electron chi connectivity index (χ4n) is 3.40. The summed E-state index contributed by atoms with van der Waals surface area (Å²) in [6, 6.07) is 10.6. The van der Waals surface area contributed by atoms with Crippen molar-refractivity contribution in [3.05, 3.63) is 48.7 Å². The van der Waals surface area contributed by atoms with Crippen molar-refractivity contribution in [2.24, 2.45) is 4.99 Å². The lowest BCUT2D eigenvalue weighted by molar-refractivity contribution is 0.195. The van der Waals surface area contributed by atoms with Gasteiger partial charge in [-0.25, -0.2) is 0 Å². The number of aromatic nitrogens is 4. The molecule has 31 heavy (non-hydrogen) atoms. The predicted molar refractivity (Wildman–Crippen MR) is 136 cm³/mol. The lowest BCUT2D eigenvalue weighted by Gasteiger charge is -2.13. The number of aliphatic imine (C=N–C) groups is 1. The Morgan fingerprint density at radius 3 is 2.74 bits per heavy atom. The first-order chi connectivity index (χ1) is 14.8. The van der Waals surface area contributed by atoms with E-state index in [0.29, 0.717) is 0 Å². The summed E-state index contributed by atoms with van der Waals surface area (Å²) >= 11 is 0. The van der Waals surface area contributed by atoms with Crippen LogP contribution in [0.2, 0.25) is 0 Å². The molecule has 8 nitrogen and oxygen atoms in total. The summed E-state index contributed by atoms with van der Waals surface area (Å²) in [5, 5.41) is 16.2. The zero-order valence-electron chi connectivity index (χ0n) is 18.5. The molecule has 0 unspecified atom stereocenters. The highest BCUT2D eigenvalue weighted by molar-refractivity contribution is 14.0. The monoisotopic (exact) mass is 539 g/mol. The standard InChI is InChI=1S/C22H33N7O.HI/c1-3-21-27-26-18-29(21)16-13-25-22(24-12-7-17-30-2)23-11-6-14-28-15-10-19-8-4-5-9-20(19)28;/h4-5,8-10,15,18H,3,6-7,11-14,16-17H2,1-2H3,(H2,23,24,25);1H. The number of aryl methyl sites for hydroxylation is 2. The maximum atomic E-state index is 5.13. The first kappa shape index (κ1) is 25.1. The van der Waals surface area contributed by atoms with Crippen molar-refractivity contribution in [3.8, 4) is 0 Å². The molecule has 0 radical (unpaired) electrons. The number of hydrogen-bond donors (Lipinski definition) is 2. The average Bonchev–Trinajstić information content (AvgIpc) is 3.40. The lowest BCUT2D eigenvalue weighted by Crippen LogP contribution is -2.40. The summed E-state index contributed by atoms with van der Waals surface area (Å²) in [7, 11) is 1.72. The molecular weight excluding hydrogens is 505 g/mol. The van der Waals surface area contributed by atoms with Crippen LogP contribution >= 0.6 is 24.0 Å². The van der Waals surface area contributed by atoms with Crippen molar-refractivity contribution in [3.63, 3.8) is 0 Å². The number of ether oxygens (including phenoxy) is 1. The van der Waals surface area contributed by atoms with Crippen LogP contribution in [0.4, 0.5) is 0 Å². The molecule has 0 fully saturated rings. The van der Waals surface area contributed by atoms with Gasteiger partial charge in [-0.3, -0.25) is 4.99 Å². The highest BCUT2D eigenvalue weighted by atomic mass is 127. The minimum Gasteiger partial charge on any atom is -0.385 e. The number of para-hydroxylation sites is 1. The Morgan fingerprint density at radius 1 is 1.06 bits per heavy atom. The number of nitrogens with zero attached hydrogens (tertiary/aromatic N) is 5. The van der Waals surface area contributed by atoms with Gasteiger partial charge in [-0.2, -0.15) is 0 Å². The predicted octanol–water partition coefficient (Wildman–Crippen LogP) is 3.08. The fraction of sp³-hybridized carbons (Fsp3) is 0.500. The fourth-order valence-corrected chi connectivity index (χ4v) is 3.40. The third-order valence-electron chi connectivity index (χ3n) is 4.98.